The highest BCUT2D eigenvalue weighted by Crippen LogP contribution is 2.42. The summed E-state index contributed by atoms with van der Waals surface area (Å²) in [5.74, 6) is -4.68. The maximum atomic E-state index is 13.4. The Labute approximate surface area is 206 Å². The monoisotopic (exact) mass is 582 g/mol. The number of hydrogen-bond acceptors (Lipinski definition) is 8. The summed E-state index contributed by atoms with van der Waals surface area (Å²) in [6, 6.07) is 2.72. The number of sulfone groups is 1. The van der Waals surface area contributed by atoms with Gasteiger partial charge in [-0.3, -0.25) is 0 Å². The summed E-state index contributed by atoms with van der Waals surface area (Å²) in [5.41, 5.74) is -0.551. The molecule has 17 heteroatoms. The van der Waals surface area contributed by atoms with Gasteiger partial charge in [0.25, 0.3) is 0 Å². The van der Waals surface area contributed by atoms with E-state index in [2.05, 4.69) is 9.72 Å². The Hall–Kier alpha value is -2.33. The fourth-order valence-electron chi connectivity index (χ4n) is 3.75. The Balaban J connectivity index is 1.68. The van der Waals surface area contributed by atoms with Crippen molar-refractivity contribution in [3.63, 3.8) is 0 Å². The van der Waals surface area contributed by atoms with Crippen molar-refractivity contribution < 1.29 is 52.2 Å². The molecule has 1 aliphatic heterocycles. The van der Waals surface area contributed by atoms with E-state index < -0.39 is 73.1 Å². The van der Waals surface area contributed by atoms with Crippen LogP contribution in [0.3, 0.4) is 0 Å². The Kier molecular flexibility index (Phi) is 7.47. The minimum atomic E-state index is -6.59. The zero-order valence-electron chi connectivity index (χ0n) is 18.1. The number of esters is 1. The maximum absolute atomic E-state index is 13.4. The lowest BCUT2D eigenvalue weighted by Gasteiger charge is -2.48. The second-order valence-electron chi connectivity index (χ2n) is 8.04. The Morgan fingerprint density at radius 1 is 1.17 bits per heavy atom. The van der Waals surface area contributed by atoms with E-state index in [4.69, 9.17) is 11.6 Å². The molecule has 1 fully saturated rings. The van der Waals surface area contributed by atoms with Crippen molar-refractivity contribution in [1.29, 1.82) is 0 Å². The highest BCUT2D eigenvalue weighted by atomic mass is 35.5. The van der Waals surface area contributed by atoms with Crippen molar-refractivity contribution in [2.24, 2.45) is 5.92 Å². The summed E-state index contributed by atoms with van der Waals surface area (Å²) >= 11 is 5.77. The second kappa shape index (κ2) is 9.52. The molecule has 36 heavy (non-hydrogen) atoms. The fraction of sp³-hybridized carbons (Fsp3) is 0.474. The molecule has 2 aromatic rings. The predicted octanol–water partition coefficient (Wildman–Crippen LogP) is 3.58. The third-order valence-electron chi connectivity index (χ3n) is 5.70. The van der Waals surface area contributed by atoms with Crippen LogP contribution in [-0.4, -0.2) is 63.7 Å². The number of anilines is 1. The van der Waals surface area contributed by atoms with Gasteiger partial charge < -0.3 is 9.64 Å². The molecule has 1 saturated heterocycles. The topological polar surface area (TPSA) is 111 Å². The lowest BCUT2D eigenvalue weighted by Crippen LogP contribution is -2.57. The Morgan fingerprint density at radius 2 is 1.81 bits per heavy atom. The van der Waals surface area contributed by atoms with E-state index in [0.29, 0.717) is 5.69 Å². The summed E-state index contributed by atoms with van der Waals surface area (Å²) in [6.45, 7) is 0.609. The SMILES string of the molecule is C[C@@H]1[C@@H](CS(=O)(=O)CCOC(=O)C(F)(F)S(=O)(=O)F)CN1c1ccc(C(F)(F)F)c2cc(Cl)ncc12. The van der Waals surface area contributed by atoms with E-state index in [9.17, 15) is 47.5 Å². The van der Waals surface area contributed by atoms with Crippen LogP contribution in [-0.2, 0) is 35.8 Å². The van der Waals surface area contributed by atoms with Gasteiger partial charge >= 0.3 is 27.6 Å². The number of rotatable bonds is 8. The molecule has 0 radical (unpaired) electrons. The smallest absolute Gasteiger partial charge is 0.459 e. The van der Waals surface area contributed by atoms with Crippen molar-refractivity contribution in [1.82, 2.24) is 4.98 Å². The van der Waals surface area contributed by atoms with Gasteiger partial charge in [-0.15, -0.1) is 0 Å². The largest absolute Gasteiger partial charge is 0.470 e. The van der Waals surface area contributed by atoms with E-state index in [-0.39, 0.29) is 22.5 Å². The van der Waals surface area contributed by atoms with Crippen molar-refractivity contribution >= 4 is 54.1 Å². The van der Waals surface area contributed by atoms with Gasteiger partial charge in [-0.1, -0.05) is 15.5 Å². The number of aromatic nitrogens is 1. The van der Waals surface area contributed by atoms with Crippen LogP contribution >= 0.6 is 11.6 Å². The van der Waals surface area contributed by atoms with Gasteiger partial charge in [0.05, 0.1) is 17.1 Å². The first-order valence-electron chi connectivity index (χ1n) is 9.97. The van der Waals surface area contributed by atoms with Crippen LogP contribution in [0.15, 0.2) is 24.4 Å². The van der Waals surface area contributed by atoms with Gasteiger partial charge in [0.15, 0.2) is 9.84 Å². The molecule has 1 aromatic heterocycles. The molecule has 2 atom stereocenters. The van der Waals surface area contributed by atoms with Crippen LogP contribution in [0, 0.1) is 5.92 Å². The van der Waals surface area contributed by atoms with Crippen LogP contribution in [0.5, 0.6) is 0 Å². The number of hydrogen-bond donors (Lipinski definition) is 0. The molecular weight excluding hydrogens is 566 g/mol. The standard InChI is InChI=1S/C19H17ClF6N2O6S2/c1-10-11(9-35(30,31)5-4-34-17(29)19(24,25)36(26,32)33)8-28(10)15-3-2-14(18(21,22)23)12-6-16(20)27-7-13(12)15/h2-3,6-7,10-11H,4-5,8-9H2,1H3/t10-,11-/m1/s1. The zero-order chi connectivity index (χ0) is 27.3. The molecule has 0 aliphatic carbocycles. The van der Waals surface area contributed by atoms with Crippen molar-refractivity contribution in [2.45, 2.75) is 24.4 Å². The molecule has 0 amide bonds. The average molecular weight is 583 g/mol. The van der Waals surface area contributed by atoms with E-state index >= 15 is 0 Å². The number of pyridine rings is 1. The van der Waals surface area contributed by atoms with Crippen molar-refractivity contribution in [3.05, 3.63) is 35.1 Å². The molecular formula is C19H17ClF6N2O6S2. The molecule has 0 spiro atoms. The van der Waals surface area contributed by atoms with E-state index in [1.165, 1.54) is 12.3 Å². The number of ether oxygens (including phenoxy) is 1. The van der Waals surface area contributed by atoms with Gasteiger partial charge in [-0.2, -0.15) is 30.4 Å². The van der Waals surface area contributed by atoms with Gasteiger partial charge in [0.1, 0.15) is 11.8 Å². The van der Waals surface area contributed by atoms with Crippen LogP contribution in [0.25, 0.3) is 10.8 Å². The summed E-state index contributed by atoms with van der Waals surface area (Å²) in [6.07, 6.45) is -3.47. The third-order valence-corrected chi connectivity index (χ3v) is 8.41. The van der Waals surface area contributed by atoms with Crippen molar-refractivity contribution in [3.8, 4) is 0 Å². The van der Waals surface area contributed by atoms with Gasteiger partial charge in [-0.25, -0.2) is 18.2 Å². The highest BCUT2D eigenvalue weighted by molar-refractivity contribution is 7.91. The summed E-state index contributed by atoms with van der Waals surface area (Å²) in [7, 11) is -10.6. The molecule has 1 aromatic carbocycles. The minimum absolute atomic E-state index is 0.113. The van der Waals surface area contributed by atoms with E-state index in [1.807, 2.05) is 0 Å². The van der Waals surface area contributed by atoms with Gasteiger partial charge in [0.2, 0.25) is 0 Å². The molecule has 8 nitrogen and oxygen atoms in total. The number of carbonyl (C=O) groups excluding carboxylic acids is 1. The van der Waals surface area contributed by atoms with E-state index in [1.54, 1.807) is 11.8 Å². The third kappa shape index (κ3) is 5.64. The molecule has 2 heterocycles. The molecule has 1 aliphatic rings. The van der Waals surface area contributed by atoms with Crippen LogP contribution in [0.1, 0.15) is 12.5 Å². The molecule has 0 bridgehead atoms. The van der Waals surface area contributed by atoms with Crippen LogP contribution < -0.4 is 4.90 Å². The van der Waals surface area contributed by atoms with E-state index in [0.717, 1.165) is 12.1 Å². The van der Waals surface area contributed by atoms with Crippen molar-refractivity contribution in [2.75, 3.05) is 29.6 Å². The molecule has 3 rings (SSSR count). The lowest BCUT2D eigenvalue weighted by molar-refractivity contribution is -0.160. The number of benzene rings is 1. The first kappa shape index (κ1) is 28.2. The summed E-state index contributed by atoms with van der Waals surface area (Å²) in [4.78, 5) is 16.6. The molecule has 200 valence electrons. The Morgan fingerprint density at radius 3 is 2.36 bits per heavy atom. The summed E-state index contributed by atoms with van der Waals surface area (Å²) in [5, 5.41) is -5.65. The lowest BCUT2D eigenvalue weighted by atomic mass is 9.89. The minimum Gasteiger partial charge on any atom is -0.459 e. The van der Waals surface area contributed by atoms with Crippen LogP contribution in [0.4, 0.5) is 31.5 Å². The predicted molar refractivity (Wildman–Crippen MR) is 117 cm³/mol. The average Bonchev–Trinajstić information content (AvgIpc) is 2.73. The first-order chi connectivity index (χ1) is 16.3. The number of nitrogens with zero attached hydrogens (tertiary/aromatic N) is 2. The number of carbonyl (C=O) groups is 1. The zero-order valence-corrected chi connectivity index (χ0v) is 20.5. The Bertz CT molecular complexity index is 1400. The highest BCUT2D eigenvalue weighted by Gasteiger charge is 2.55. The first-order valence-corrected chi connectivity index (χ1v) is 13.5. The second-order valence-corrected chi connectivity index (χ2v) is 12.0. The quantitative estimate of drug-likeness (QED) is 0.201. The number of halogens is 7. The number of alkyl halides is 5. The van der Waals surface area contributed by atoms with Gasteiger partial charge in [-0.05, 0) is 25.1 Å². The molecule has 0 unspecified atom stereocenters. The maximum Gasteiger partial charge on any atom is 0.470 e. The number of fused-ring (bicyclic) bond motifs is 1. The molecule has 0 N–H and O–H groups in total. The van der Waals surface area contributed by atoms with Crippen LogP contribution in [0.2, 0.25) is 5.15 Å². The molecule has 0 saturated carbocycles. The van der Waals surface area contributed by atoms with Gasteiger partial charge in [0, 0.05) is 41.2 Å². The summed E-state index contributed by atoms with van der Waals surface area (Å²) < 4.78 is 128. The normalized spacial score (nSPS) is 19.3. The fourth-order valence-corrected chi connectivity index (χ4v) is 5.70.